The van der Waals surface area contributed by atoms with Crippen LogP contribution in [0.15, 0.2) is 23.8 Å². The predicted octanol–water partition coefficient (Wildman–Crippen LogP) is -0.436. The monoisotopic (exact) mass is 1150 g/mol. The van der Waals surface area contributed by atoms with E-state index < -0.39 is 171 Å². The van der Waals surface area contributed by atoms with E-state index in [0.29, 0.717) is 38.5 Å². The largest absolute Gasteiger partial charge is 0.460 e. The maximum Gasteiger partial charge on any atom is 0.330 e. The SMILES string of the molecule is C/C=C/C(=O)OC[C@H]1O[C@@H](O[C@H]2[C@H](O[C@H]3CC[C@]4(C)[C@H]5C[C@@H](O)[C@@H]6[C@@H]([C@](C)(CCC=C(C)C)O[C@@H]7O[C@H](CO[C@@H]8OC[C@H](O)[C@H](O)[C@H]8O)[C@@H](O)[C@H](O)[C@H]7O)CC[C@@]6(C)[C@]5(C)CC[C@H]4C3(C)C)O[C@H](CO)[C@@H](O)[C@@H]2O)[C@H](O)[C@@H](O)[C@@H]1O. The summed E-state index contributed by atoms with van der Waals surface area (Å²) in [5.74, 6) is -1.20. The molecule has 8 aliphatic rings. The lowest BCUT2D eigenvalue weighted by molar-refractivity contribution is -0.378. The van der Waals surface area contributed by atoms with Crippen molar-refractivity contribution in [2.24, 2.45) is 45.3 Å². The highest BCUT2D eigenvalue weighted by Gasteiger charge is 2.72. The molecule has 0 spiro atoms. The minimum Gasteiger partial charge on any atom is -0.460 e. The van der Waals surface area contributed by atoms with Gasteiger partial charge in [0.2, 0.25) is 0 Å². The fourth-order valence-electron chi connectivity index (χ4n) is 16.3. The Hall–Kier alpha value is -1.89. The zero-order chi connectivity index (χ0) is 58.8. The second-order valence-electron chi connectivity index (χ2n) is 26.2. The first-order valence-electron chi connectivity index (χ1n) is 28.9. The highest BCUT2D eigenvalue weighted by atomic mass is 16.8. The van der Waals surface area contributed by atoms with Crippen molar-refractivity contribution in [3.05, 3.63) is 23.8 Å². The molecule has 23 heteroatoms. The van der Waals surface area contributed by atoms with Crippen molar-refractivity contribution in [1.82, 2.24) is 0 Å². The van der Waals surface area contributed by atoms with Gasteiger partial charge in [-0.1, -0.05) is 52.3 Å². The fraction of sp³-hybridized carbons (Fsp3) is 0.912. The van der Waals surface area contributed by atoms with Crippen molar-refractivity contribution in [2.45, 2.75) is 255 Å². The number of ether oxygens (including phenoxy) is 9. The summed E-state index contributed by atoms with van der Waals surface area (Å²) in [5, 5.41) is 143. The van der Waals surface area contributed by atoms with Crippen LogP contribution in [0.2, 0.25) is 0 Å². The lowest BCUT2D eigenvalue weighted by Gasteiger charge is -2.71. The standard InChI is InChI=1S/C57H94O23/c1-10-12-36(61)72-24-31-40(64)42(66)46(70)50(76-31)79-48-44(68)39(63)30(22-58)75-52(48)78-35-16-18-54(6)33(53(35,4)5)15-20-55(7)34(54)21-28(59)37-27(14-19-56(37,55)8)57(9,17-11-13-26(2)3)80-51-47(71)43(67)41(65)32(77-51)25-74-49-45(69)38(62)29(60)23-73-49/h10,12-13,27-35,37-52,58-60,62-71H,11,14-25H2,1-9H3/b12-10+/t27-,28+,29-,30+,31+,32+,33-,34+,35-,37-,38-,39+,40+,41+,42-,43-,44-,45+,46+,47+,48+,49-,50-,51-,52-,54-,55+,56+,57-/m0/s1. The number of carbonyl (C=O) groups excluding carboxylic acids is 1. The number of hydrogen-bond acceptors (Lipinski definition) is 23. The summed E-state index contributed by atoms with van der Waals surface area (Å²) in [6.45, 7) is 16.9. The molecular weight excluding hydrogens is 1050 g/mol. The molecule has 0 aromatic carbocycles. The van der Waals surface area contributed by atoms with Gasteiger partial charge in [-0.3, -0.25) is 0 Å². The first-order valence-corrected chi connectivity index (χ1v) is 28.9. The van der Waals surface area contributed by atoms with Gasteiger partial charge in [0.05, 0.1) is 37.6 Å². The first-order chi connectivity index (χ1) is 37.5. The molecule has 29 atom stereocenters. The predicted molar refractivity (Wildman–Crippen MR) is 279 cm³/mol. The molecule has 0 radical (unpaired) electrons. The van der Waals surface area contributed by atoms with Crippen LogP contribution in [0.25, 0.3) is 0 Å². The van der Waals surface area contributed by atoms with E-state index in [1.54, 1.807) is 6.92 Å². The van der Waals surface area contributed by atoms with Crippen LogP contribution >= 0.6 is 0 Å². The molecule has 13 N–H and O–H groups in total. The molecule has 4 saturated carbocycles. The number of hydrogen-bond donors (Lipinski definition) is 13. The van der Waals surface area contributed by atoms with Crippen molar-refractivity contribution in [2.75, 3.05) is 26.4 Å². The van der Waals surface area contributed by atoms with Gasteiger partial charge in [0, 0.05) is 6.08 Å². The van der Waals surface area contributed by atoms with Crippen LogP contribution in [-0.4, -0.2) is 233 Å². The van der Waals surface area contributed by atoms with Gasteiger partial charge in [0.25, 0.3) is 0 Å². The molecule has 4 aliphatic heterocycles. The van der Waals surface area contributed by atoms with Crippen molar-refractivity contribution < 1.29 is 114 Å². The number of rotatable bonds is 17. The Labute approximate surface area is 468 Å². The Morgan fingerprint density at radius 1 is 0.637 bits per heavy atom. The maximum absolute atomic E-state index is 12.9. The molecule has 0 aromatic heterocycles. The Bertz CT molecular complexity index is 2150. The molecule has 8 fully saturated rings. The summed E-state index contributed by atoms with van der Waals surface area (Å²) in [4.78, 5) is 12.1. The van der Waals surface area contributed by atoms with E-state index >= 15 is 0 Å². The maximum atomic E-state index is 12.9. The summed E-state index contributed by atoms with van der Waals surface area (Å²) in [6.07, 6.45) is -20.7. The molecule has 460 valence electrons. The lowest BCUT2D eigenvalue weighted by Crippen LogP contribution is -2.68. The van der Waals surface area contributed by atoms with Crippen LogP contribution < -0.4 is 0 Å². The molecule has 0 unspecified atom stereocenters. The summed E-state index contributed by atoms with van der Waals surface area (Å²) < 4.78 is 54.4. The second kappa shape index (κ2) is 24.8. The molecule has 23 nitrogen and oxygen atoms in total. The highest BCUT2D eigenvalue weighted by molar-refractivity contribution is 5.81. The third-order valence-electron chi connectivity index (χ3n) is 21.0. The van der Waals surface area contributed by atoms with Crippen molar-refractivity contribution in [1.29, 1.82) is 0 Å². The van der Waals surface area contributed by atoms with Gasteiger partial charge in [-0.25, -0.2) is 4.79 Å². The zero-order valence-corrected chi connectivity index (χ0v) is 47.8. The Kier molecular flexibility index (Phi) is 19.9. The fourth-order valence-corrected chi connectivity index (χ4v) is 16.3. The number of aliphatic hydroxyl groups is 13. The highest BCUT2D eigenvalue weighted by Crippen LogP contribution is 2.76. The van der Waals surface area contributed by atoms with Gasteiger partial charge in [-0.2, -0.15) is 0 Å². The van der Waals surface area contributed by atoms with E-state index in [1.165, 1.54) is 6.08 Å². The Balaban J connectivity index is 1.00. The van der Waals surface area contributed by atoms with Crippen LogP contribution in [0.4, 0.5) is 0 Å². The topological polar surface area (TPSA) is 363 Å². The summed E-state index contributed by atoms with van der Waals surface area (Å²) in [6, 6.07) is 0. The van der Waals surface area contributed by atoms with E-state index in [1.807, 2.05) is 20.8 Å². The van der Waals surface area contributed by atoms with Crippen molar-refractivity contribution in [3.63, 3.8) is 0 Å². The van der Waals surface area contributed by atoms with Crippen LogP contribution in [0.1, 0.15) is 120 Å². The van der Waals surface area contributed by atoms with Crippen LogP contribution in [0, 0.1) is 45.3 Å². The third kappa shape index (κ3) is 11.8. The Morgan fingerprint density at radius 3 is 1.89 bits per heavy atom. The minimum atomic E-state index is -1.86. The Morgan fingerprint density at radius 2 is 1.24 bits per heavy atom. The molecule has 0 bridgehead atoms. The van der Waals surface area contributed by atoms with Gasteiger partial charge in [0.15, 0.2) is 25.2 Å². The van der Waals surface area contributed by atoms with Crippen LogP contribution in [0.5, 0.6) is 0 Å². The molecule has 0 aromatic rings. The zero-order valence-electron chi connectivity index (χ0n) is 47.8. The van der Waals surface area contributed by atoms with Gasteiger partial charge < -0.3 is 109 Å². The molecule has 4 saturated heterocycles. The quantitative estimate of drug-likeness (QED) is 0.0380. The van der Waals surface area contributed by atoms with Gasteiger partial charge in [-0.15, -0.1) is 0 Å². The van der Waals surface area contributed by atoms with E-state index in [4.69, 9.17) is 42.6 Å². The summed E-state index contributed by atoms with van der Waals surface area (Å²) in [7, 11) is 0. The first kappa shape index (κ1) is 64.1. The average molecular weight is 1150 g/mol. The molecule has 0 amide bonds. The normalized spacial score (nSPS) is 50.2. The smallest absolute Gasteiger partial charge is 0.330 e. The van der Waals surface area contributed by atoms with Crippen LogP contribution in [0.3, 0.4) is 0 Å². The molecule has 4 aliphatic carbocycles. The van der Waals surface area contributed by atoms with Gasteiger partial charge in [-0.05, 0) is 131 Å². The summed E-state index contributed by atoms with van der Waals surface area (Å²) in [5.41, 5.74) is -1.58. The number of esters is 1. The third-order valence-corrected chi connectivity index (χ3v) is 21.0. The average Bonchev–Trinajstić information content (AvgIpc) is 3.83. The molecule has 8 rings (SSSR count). The molecule has 4 heterocycles. The van der Waals surface area contributed by atoms with Crippen molar-refractivity contribution in [3.8, 4) is 0 Å². The number of fused-ring (bicyclic) bond motifs is 5. The minimum absolute atomic E-state index is 0.0283. The van der Waals surface area contributed by atoms with Gasteiger partial charge >= 0.3 is 5.97 Å². The van der Waals surface area contributed by atoms with Gasteiger partial charge in [0.1, 0.15) is 98.2 Å². The van der Waals surface area contributed by atoms with E-state index in [2.05, 4.69) is 40.7 Å². The lowest BCUT2D eigenvalue weighted by atomic mass is 9.35. The number of aliphatic hydroxyl groups excluding tert-OH is 13. The van der Waals surface area contributed by atoms with E-state index in [9.17, 15) is 71.2 Å². The number of allylic oxidation sites excluding steroid dienone is 3. The number of carbonyl (C=O) groups is 1. The second-order valence-corrected chi connectivity index (χ2v) is 26.2. The van der Waals surface area contributed by atoms with E-state index in [-0.39, 0.29) is 41.1 Å². The summed E-state index contributed by atoms with van der Waals surface area (Å²) >= 11 is 0. The van der Waals surface area contributed by atoms with E-state index in [0.717, 1.165) is 30.9 Å². The van der Waals surface area contributed by atoms with Crippen molar-refractivity contribution >= 4 is 5.97 Å². The molecular formula is C57H94O23. The van der Waals surface area contributed by atoms with Crippen LogP contribution in [-0.2, 0) is 47.4 Å². The molecule has 80 heavy (non-hydrogen) atoms.